The van der Waals surface area contributed by atoms with Crippen LogP contribution in [0.1, 0.15) is 35.3 Å². The second-order valence-electron chi connectivity index (χ2n) is 6.14. The molecule has 1 aromatic carbocycles. The van der Waals surface area contributed by atoms with Crippen molar-refractivity contribution >= 4 is 0 Å². The Morgan fingerprint density at radius 2 is 2.12 bits per heavy atom. The van der Waals surface area contributed by atoms with E-state index >= 15 is 0 Å². The first kappa shape index (κ1) is 15.0. The minimum atomic E-state index is 0.350. The summed E-state index contributed by atoms with van der Waals surface area (Å²) in [5.74, 6) is 3.26. The molecule has 0 aliphatic carbocycles. The van der Waals surface area contributed by atoms with Crippen molar-refractivity contribution in [3.05, 3.63) is 59.3 Å². The first-order valence-corrected chi connectivity index (χ1v) is 8.25. The van der Waals surface area contributed by atoms with E-state index in [1.807, 2.05) is 29.8 Å². The van der Waals surface area contributed by atoms with E-state index in [4.69, 9.17) is 4.52 Å². The molecule has 1 aliphatic heterocycles. The number of hydrogen-bond acceptors (Lipinski definition) is 6. The molecule has 0 saturated heterocycles. The first-order valence-electron chi connectivity index (χ1n) is 8.25. The molecular formula is C17H20N6O. The second-order valence-corrected chi connectivity index (χ2v) is 6.14. The Morgan fingerprint density at radius 3 is 3.00 bits per heavy atom. The van der Waals surface area contributed by atoms with Crippen LogP contribution in [0.2, 0.25) is 0 Å². The Morgan fingerprint density at radius 1 is 1.25 bits per heavy atom. The molecule has 4 rings (SSSR count). The summed E-state index contributed by atoms with van der Waals surface area (Å²) in [7, 11) is 0. The van der Waals surface area contributed by atoms with Gasteiger partial charge in [-0.3, -0.25) is 0 Å². The zero-order valence-corrected chi connectivity index (χ0v) is 13.6. The van der Waals surface area contributed by atoms with Crippen molar-refractivity contribution in [2.75, 3.05) is 0 Å². The van der Waals surface area contributed by atoms with Gasteiger partial charge in [0, 0.05) is 18.9 Å². The average Bonchev–Trinajstić information content (AvgIpc) is 3.18. The van der Waals surface area contributed by atoms with Gasteiger partial charge in [0.2, 0.25) is 5.89 Å². The average molecular weight is 324 g/mol. The van der Waals surface area contributed by atoms with Crippen molar-refractivity contribution in [3.8, 4) is 0 Å². The number of benzene rings is 1. The lowest BCUT2D eigenvalue weighted by atomic mass is 10.1. The third-order valence-corrected chi connectivity index (χ3v) is 4.22. The number of hydrogen-bond donors (Lipinski definition) is 1. The molecule has 0 saturated carbocycles. The lowest BCUT2D eigenvalue weighted by Gasteiger charge is -2.22. The van der Waals surface area contributed by atoms with Crippen molar-refractivity contribution in [2.24, 2.45) is 0 Å². The molecule has 3 heterocycles. The quantitative estimate of drug-likeness (QED) is 0.769. The van der Waals surface area contributed by atoms with Crippen molar-refractivity contribution in [1.82, 2.24) is 30.2 Å². The van der Waals surface area contributed by atoms with Crippen LogP contribution in [0, 0.1) is 6.92 Å². The van der Waals surface area contributed by atoms with Crippen LogP contribution in [0.4, 0.5) is 0 Å². The van der Waals surface area contributed by atoms with Crippen molar-refractivity contribution < 1.29 is 4.52 Å². The van der Waals surface area contributed by atoms with E-state index < -0.39 is 0 Å². The Balaban J connectivity index is 1.32. The maximum atomic E-state index is 5.34. The van der Waals surface area contributed by atoms with Crippen molar-refractivity contribution in [3.63, 3.8) is 0 Å². The summed E-state index contributed by atoms with van der Waals surface area (Å²) >= 11 is 0. The predicted molar refractivity (Wildman–Crippen MR) is 87.3 cm³/mol. The van der Waals surface area contributed by atoms with Crippen molar-refractivity contribution in [2.45, 2.75) is 45.3 Å². The van der Waals surface area contributed by atoms with Gasteiger partial charge in [0.05, 0.1) is 13.1 Å². The molecule has 1 aliphatic rings. The van der Waals surface area contributed by atoms with E-state index in [2.05, 4.69) is 37.7 Å². The van der Waals surface area contributed by atoms with Gasteiger partial charge < -0.3 is 9.84 Å². The van der Waals surface area contributed by atoms with E-state index in [-0.39, 0.29) is 0 Å². The molecule has 0 amide bonds. The Bertz CT molecular complexity index is 810. The summed E-state index contributed by atoms with van der Waals surface area (Å²) in [5, 5.41) is 12.0. The highest BCUT2D eigenvalue weighted by Gasteiger charge is 2.21. The third-order valence-electron chi connectivity index (χ3n) is 4.22. The maximum absolute atomic E-state index is 5.34. The molecule has 3 aromatic rings. The molecule has 1 N–H and O–H groups in total. The van der Waals surface area contributed by atoms with Crippen LogP contribution in [-0.4, -0.2) is 30.9 Å². The SMILES string of the molecule is Cc1nc2n(n1)C[C@@H](NCc1nc(Cc3ccccc3)no1)CC2. The molecule has 0 bridgehead atoms. The molecule has 124 valence electrons. The number of aryl methyl sites for hydroxylation is 2. The van der Waals surface area contributed by atoms with Crippen molar-refractivity contribution in [1.29, 1.82) is 0 Å². The Kier molecular flexibility index (Phi) is 4.08. The lowest BCUT2D eigenvalue weighted by Crippen LogP contribution is -2.37. The fraction of sp³-hybridized carbons (Fsp3) is 0.412. The topological polar surface area (TPSA) is 81.7 Å². The zero-order chi connectivity index (χ0) is 16.4. The summed E-state index contributed by atoms with van der Waals surface area (Å²) in [4.78, 5) is 8.89. The van der Waals surface area contributed by atoms with Gasteiger partial charge in [0.25, 0.3) is 0 Å². The van der Waals surface area contributed by atoms with Gasteiger partial charge in [-0.2, -0.15) is 10.1 Å². The molecule has 0 fully saturated rings. The fourth-order valence-corrected chi connectivity index (χ4v) is 3.04. The summed E-state index contributed by atoms with van der Waals surface area (Å²) in [6.07, 6.45) is 2.68. The van der Waals surface area contributed by atoms with Crippen LogP contribution in [0.25, 0.3) is 0 Å². The number of nitrogens with one attached hydrogen (secondary N) is 1. The number of rotatable bonds is 5. The summed E-state index contributed by atoms with van der Waals surface area (Å²) in [5.41, 5.74) is 1.18. The maximum Gasteiger partial charge on any atom is 0.240 e. The highest BCUT2D eigenvalue weighted by atomic mass is 16.5. The van der Waals surface area contributed by atoms with Gasteiger partial charge in [-0.15, -0.1) is 0 Å². The van der Waals surface area contributed by atoms with Gasteiger partial charge in [-0.1, -0.05) is 35.5 Å². The molecule has 2 aromatic heterocycles. The van der Waals surface area contributed by atoms with E-state index in [1.54, 1.807) is 0 Å². The molecule has 7 nitrogen and oxygen atoms in total. The van der Waals surface area contributed by atoms with E-state index in [0.29, 0.717) is 24.9 Å². The monoisotopic (exact) mass is 324 g/mol. The summed E-state index contributed by atoms with van der Waals surface area (Å²) in [6.45, 7) is 3.34. The van der Waals surface area contributed by atoms with Crippen LogP contribution in [0.5, 0.6) is 0 Å². The fourth-order valence-electron chi connectivity index (χ4n) is 3.04. The smallest absolute Gasteiger partial charge is 0.240 e. The normalized spacial score (nSPS) is 17.0. The third kappa shape index (κ3) is 3.35. The van der Waals surface area contributed by atoms with Gasteiger partial charge in [0.1, 0.15) is 11.6 Å². The van der Waals surface area contributed by atoms with Gasteiger partial charge in [-0.25, -0.2) is 9.67 Å². The number of fused-ring (bicyclic) bond motifs is 1. The summed E-state index contributed by atoms with van der Waals surface area (Å²) < 4.78 is 7.33. The first-order chi connectivity index (χ1) is 11.8. The largest absolute Gasteiger partial charge is 0.338 e. The van der Waals surface area contributed by atoms with Gasteiger partial charge in [0.15, 0.2) is 5.82 Å². The van der Waals surface area contributed by atoms with E-state index in [9.17, 15) is 0 Å². The van der Waals surface area contributed by atoms with Gasteiger partial charge >= 0.3 is 0 Å². The van der Waals surface area contributed by atoms with Gasteiger partial charge in [-0.05, 0) is 18.9 Å². The molecule has 7 heteroatoms. The van der Waals surface area contributed by atoms with E-state index in [1.165, 1.54) is 5.56 Å². The number of aromatic nitrogens is 5. The highest BCUT2D eigenvalue weighted by molar-refractivity contribution is 5.18. The Labute approximate surface area is 140 Å². The second kappa shape index (κ2) is 6.52. The molecular weight excluding hydrogens is 304 g/mol. The number of nitrogens with zero attached hydrogens (tertiary/aromatic N) is 5. The molecule has 0 spiro atoms. The molecule has 24 heavy (non-hydrogen) atoms. The molecule has 0 radical (unpaired) electrons. The molecule has 1 atom stereocenters. The molecule has 0 unspecified atom stereocenters. The Hall–Kier alpha value is -2.54. The highest BCUT2D eigenvalue weighted by Crippen LogP contribution is 2.13. The van der Waals surface area contributed by atoms with Crippen LogP contribution < -0.4 is 5.32 Å². The minimum absolute atomic E-state index is 0.350. The van der Waals surface area contributed by atoms with Crippen LogP contribution in [-0.2, 0) is 25.9 Å². The minimum Gasteiger partial charge on any atom is -0.338 e. The van der Waals surface area contributed by atoms with Crippen LogP contribution in [0.3, 0.4) is 0 Å². The lowest BCUT2D eigenvalue weighted by molar-refractivity contribution is 0.319. The predicted octanol–water partition coefficient (Wildman–Crippen LogP) is 1.66. The van der Waals surface area contributed by atoms with Crippen LogP contribution in [0.15, 0.2) is 34.9 Å². The zero-order valence-electron chi connectivity index (χ0n) is 13.6. The van der Waals surface area contributed by atoms with E-state index in [0.717, 1.165) is 36.9 Å². The summed E-state index contributed by atoms with van der Waals surface area (Å²) in [6, 6.07) is 10.5. The van der Waals surface area contributed by atoms with Crippen LogP contribution >= 0.6 is 0 Å². The standard InChI is InChI=1S/C17H20N6O/c1-12-19-16-8-7-14(11-23(16)21-12)18-10-17-20-15(22-24-17)9-13-5-3-2-4-6-13/h2-6,14,18H,7-11H2,1H3/t14-/m0/s1.